The van der Waals surface area contributed by atoms with E-state index in [9.17, 15) is 4.79 Å². The van der Waals surface area contributed by atoms with Crippen molar-refractivity contribution in [3.05, 3.63) is 53.9 Å². The van der Waals surface area contributed by atoms with Gasteiger partial charge in [-0.25, -0.2) is 0 Å². The summed E-state index contributed by atoms with van der Waals surface area (Å²) in [5, 5.41) is 2.92. The number of rotatable bonds is 5. The van der Waals surface area contributed by atoms with Crippen molar-refractivity contribution >= 4 is 5.91 Å². The molecule has 1 N–H and O–H groups in total. The van der Waals surface area contributed by atoms with Gasteiger partial charge in [0.15, 0.2) is 0 Å². The summed E-state index contributed by atoms with van der Waals surface area (Å²) in [6, 6.07) is 10.3. The number of amides is 1. The first kappa shape index (κ1) is 15.2. The smallest absolute Gasteiger partial charge is 0.252 e. The molecule has 3 heteroatoms. The summed E-state index contributed by atoms with van der Waals surface area (Å²) < 4.78 is 0. The number of aromatic nitrogens is 1. The second-order valence-corrected chi connectivity index (χ2v) is 5.62. The van der Waals surface area contributed by atoms with Crippen LogP contribution in [0.4, 0.5) is 0 Å². The minimum Gasteiger partial charge on any atom is -0.352 e. The molecule has 3 nitrogen and oxygen atoms in total. The quantitative estimate of drug-likeness (QED) is 0.908. The van der Waals surface area contributed by atoms with Gasteiger partial charge in [0.05, 0.1) is 5.56 Å². The number of hydrogen-bond acceptors (Lipinski definition) is 2. The van der Waals surface area contributed by atoms with Gasteiger partial charge in [-0.15, -0.1) is 0 Å². The zero-order valence-electron chi connectivity index (χ0n) is 12.9. The molecule has 0 aliphatic rings. The molecule has 2 rings (SSSR count). The summed E-state index contributed by atoms with van der Waals surface area (Å²) in [4.78, 5) is 16.3. The number of hydrogen-bond donors (Lipinski definition) is 1. The molecule has 0 spiro atoms. The van der Waals surface area contributed by atoms with E-state index in [4.69, 9.17) is 0 Å². The van der Waals surface area contributed by atoms with E-state index in [2.05, 4.69) is 55.3 Å². The van der Waals surface area contributed by atoms with Crippen LogP contribution in [0.1, 0.15) is 36.7 Å². The standard InChI is InChI=1S/C18H22N2O/c1-4-14-5-7-15(8-6-14)16-9-17(12-19-11-16)18(21)20-10-13(2)3/h5-9,11-13H,4,10H2,1-3H3,(H,20,21). The minimum atomic E-state index is -0.0665. The molecule has 0 aliphatic heterocycles. The van der Waals surface area contributed by atoms with Gasteiger partial charge in [0.25, 0.3) is 5.91 Å². The summed E-state index contributed by atoms with van der Waals surface area (Å²) in [7, 11) is 0. The van der Waals surface area contributed by atoms with Gasteiger partial charge in [0, 0.05) is 24.5 Å². The first-order chi connectivity index (χ1) is 10.1. The monoisotopic (exact) mass is 282 g/mol. The second-order valence-electron chi connectivity index (χ2n) is 5.62. The number of pyridine rings is 1. The van der Waals surface area contributed by atoms with Gasteiger partial charge in [-0.3, -0.25) is 9.78 Å². The molecule has 21 heavy (non-hydrogen) atoms. The van der Waals surface area contributed by atoms with Crippen LogP contribution in [-0.2, 0) is 6.42 Å². The fourth-order valence-corrected chi connectivity index (χ4v) is 2.05. The van der Waals surface area contributed by atoms with Gasteiger partial charge >= 0.3 is 0 Å². The van der Waals surface area contributed by atoms with Gasteiger partial charge in [-0.05, 0) is 29.5 Å². The summed E-state index contributed by atoms with van der Waals surface area (Å²) >= 11 is 0. The fraction of sp³-hybridized carbons (Fsp3) is 0.333. The lowest BCUT2D eigenvalue weighted by molar-refractivity contribution is 0.0948. The zero-order valence-corrected chi connectivity index (χ0v) is 12.9. The number of carbonyl (C=O) groups excluding carboxylic acids is 1. The van der Waals surface area contributed by atoms with Crippen molar-refractivity contribution in [1.29, 1.82) is 0 Å². The second kappa shape index (κ2) is 7.02. The highest BCUT2D eigenvalue weighted by Gasteiger charge is 2.08. The normalized spacial score (nSPS) is 10.7. The lowest BCUT2D eigenvalue weighted by Gasteiger charge is -2.09. The number of nitrogens with one attached hydrogen (secondary N) is 1. The molecular formula is C18H22N2O. The largest absolute Gasteiger partial charge is 0.352 e. The van der Waals surface area contributed by atoms with Gasteiger partial charge in [0.2, 0.25) is 0 Å². The van der Waals surface area contributed by atoms with E-state index < -0.39 is 0 Å². The van der Waals surface area contributed by atoms with Gasteiger partial charge in [-0.2, -0.15) is 0 Å². The molecule has 0 saturated heterocycles. The predicted molar refractivity (Wildman–Crippen MR) is 86.2 cm³/mol. The molecule has 0 bridgehead atoms. The van der Waals surface area contributed by atoms with Crippen LogP contribution < -0.4 is 5.32 Å². The Kier molecular flexibility index (Phi) is 5.09. The summed E-state index contributed by atoms with van der Waals surface area (Å²) in [6.07, 6.45) is 4.43. The Morgan fingerprint density at radius 1 is 1.14 bits per heavy atom. The molecular weight excluding hydrogens is 260 g/mol. The highest BCUT2D eigenvalue weighted by Crippen LogP contribution is 2.20. The Morgan fingerprint density at radius 2 is 1.86 bits per heavy atom. The molecule has 0 fully saturated rings. The average molecular weight is 282 g/mol. The maximum Gasteiger partial charge on any atom is 0.252 e. The summed E-state index contributed by atoms with van der Waals surface area (Å²) in [5.74, 6) is 0.370. The van der Waals surface area contributed by atoms with Crippen LogP contribution in [0, 0.1) is 5.92 Å². The van der Waals surface area contributed by atoms with E-state index in [1.807, 2.05) is 6.07 Å². The van der Waals surface area contributed by atoms with Gasteiger partial charge in [0.1, 0.15) is 0 Å². The molecule has 1 aromatic heterocycles. The number of carbonyl (C=O) groups is 1. The maximum atomic E-state index is 12.1. The molecule has 1 aromatic carbocycles. The SMILES string of the molecule is CCc1ccc(-c2cncc(C(=O)NCC(C)C)c2)cc1. The van der Waals surface area contributed by atoms with E-state index in [0.29, 0.717) is 18.0 Å². The first-order valence-electron chi connectivity index (χ1n) is 7.42. The molecule has 1 heterocycles. The van der Waals surface area contributed by atoms with Crippen LogP contribution >= 0.6 is 0 Å². The van der Waals surface area contributed by atoms with Crippen LogP contribution in [0.3, 0.4) is 0 Å². The Morgan fingerprint density at radius 3 is 2.48 bits per heavy atom. The van der Waals surface area contributed by atoms with Crippen LogP contribution in [0.5, 0.6) is 0 Å². The third-order valence-electron chi connectivity index (χ3n) is 3.37. The van der Waals surface area contributed by atoms with Crippen molar-refractivity contribution in [2.24, 2.45) is 5.92 Å². The molecule has 2 aromatic rings. The van der Waals surface area contributed by atoms with Crippen molar-refractivity contribution < 1.29 is 4.79 Å². The fourth-order valence-electron chi connectivity index (χ4n) is 2.05. The minimum absolute atomic E-state index is 0.0665. The Bertz CT molecular complexity index is 603. The third kappa shape index (κ3) is 4.15. The van der Waals surface area contributed by atoms with E-state index in [-0.39, 0.29) is 5.91 Å². The van der Waals surface area contributed by atoms with Crippen molar-refractivity contribution in [2.75, 3.05) is 6.54 Å². The third-order valence-corrected chi connectivity index (χ3v) is 3.37. The molecule has 0 aliphatic carbocycles. The summed E-state index contributed by atoms with van der Waals surface area (Å²) in [5.41, 5.74) is 3.96. The number of benzene rings is 1. The van der Waals surface area contributed by atoms with E-state index in [0.717, 1.165) is 17.5 Å². The molecule has 0 atom stereocenters. The van der Waals surface area contributed by atoms with Crippen LogP contribution in [-0.4, -0.2) is 17.4 Å². The number of nitrogens with zero attached hydrogens (tertiary/aromatic N) is 1. The Balaban J connectivity index is 2.18. The van der Waals surface area contributed by atoms with Crippen molar-refractivity contribution in [3.8, 4) is 11.1 Å². The maximum absolute atomic E-state index is 12.1. The van der Waals surface area contributed by atoms with Crippen molar-refractivity contribution in [3.63, 3.8) is 0 Å². The lowest BCUT2D eigenvalue weighted by atomic mass is 10.0. The van der Waals surface area contributed by atoms with Crippen molar-refractivity contribution in [1.82, 2.24) is 10.3 Å². The predicted octanol–water partition coefficient (Wildman–Crippen LogP) is 3.70. The van der Waals surface area contributed by atoms with Crippen LogP contribution in [0.25, 0.3) is 11.1 Å². The van der Waals surface area contributed by atoms with Crippen molar-refractivity contribution in [2.45, 2.75) is 27.2 Å². The van der Waals surface area contributed by atoms with Crippen LogP contribution in [0.2, 0.25) is 0 Å². The molecule has 110 valence electrons. The average Bonchev–Trinajstić information content (AvgIpc) is 2.52. The highest BCUT2D eigenvalue weighted by atomic mass is 16.1. The first-order valence-corrected chi connectivity index (χ1v) is 7.42. The highest BCUT2D eigenvalue weighted by molar-refractivity contribution is 5.95. The van der Waals surface area contributed by atoms with Gasteiger partial charge in [-0.1, -0.05) is 45.0 Å². The van der Waals surface area contributed by atoms with E-state index >= 15 is 0 Å². The van der Waals surface area contributed by atoms with Crippen LogP contribution in [0.15, 0.2) is 42.7 Å². The van der Waals surface area contributed by atoms with E-state index in [1.54, 1.807) is 12.4 Å². The molecule has 1 amide bonds. The Hall–Kier alpha value is -2.16. The Labute approximate surface area is 126 Å². The zero-order chi connectivity index (χ0) is 15.2. The van der Waals surface area contributed by atoms with Gasteiger partial charge < -0.3 is 5.32 Å². The lowest BCUT2D eigenvalue weighted by Crippen LogP contribution is -2.27. The summed E-state index contributed by atoms with van der Waals surface area (Å²) in [6.45, 7) is 6.96. The van der Waals surface area contributed by atoms with E-state index in [1.165, 1.54) is 5.56 Å². The molecule has 0 unspecified atom stereocenters. The topological polar surface area (TPSA) is 42.0 Å². The number of aryl methyl sites for hydroxylation is 1. The molecule has 0 radical (unpaired) electrons. The molecule has 0 saturated carbocycles.